The van der Waals surface area contributed by atoms with Crippen LogP contribution in [0.2, 0.25) is 0 Å². The number of nitrogens with zero attached hydrogens (tertiary/aromatic N) is 4. The first-order valence-corrected chi connectivity index (χ1v) is 10.2. The van der Waals surface area contributed by atoms with E-state index in [0.29, 0.717) is 16.2 Å². The molecular weight excluding hydrogens is 386 g/mol. The van der Waals surface area contributed by atoms with E-state index in [-0.39, 0.29) is 23.4 Å². The van der Waals surface area contributed by atoms with Gasteiger partial charge in [-0.1, -0.05) is 38.2 Å². The van der Waals surface area contributed by atoms with E-state index in [4.69, 9.17) is 0 Å². The average Bonchev–Trinajstić information content (AvgIpc) is 3.22. The number of thiazole rings is 1. The lowest BCUT2D eigenvalue weighted by Crippen LogP contribution is -2.23. The van der Waals surface area contributed by atoms with Crippen LogP contribution in [0.15, 0.2) is 35.5 Å². The van der Waals surface area contributed by atoms with Gasteiger partial charge < -0.3 is 14.5 Å². The third-order valence-electron chi connectivity index (χ3n) is 4.94. The lowest BCUT2D eigenvalue weighted by molar-refractivity contribution is -0.116. The fraction of sp³-hybridized carbons (Fsp3) is 0.333. The van der Waals surface area contributed by atoms with Gasteiger partial charge in [0.2, 0.25) is 5.91 Å². The Hall–Kier alpha value is -3.00. The Labute approximate surface area is 172 Å². The first-order chi connectivity index (χ1) is 13.6. The van der Waals surface area contributed by atoms with Crippen LogP contribution in [0.1, 0.15) is 31.9 Å². The first kappa shape index (κ1) is 19.3. The maximum atomic E-state index is 12.6. The van der Waals surface area contributed by atoms with Crippen LogP contribution < -0.4 is 10.9 Å². The van der Waals surface area contributed by atoms with E-state index in [1.807, 2.05) is 13.0 Å². The molecule has 0 aliphatic heterocycles. The molecule has 0 radical (unpaired) electrons. The second-order valence-electron chi connectivity index (χ2n) is 8.30. The number of pyridine rings is 1. The Balaban J connectivity index is 1.59. The molecule has 8 heteroatoms. The van der Waals surface area contributed by atoms with Crippen LogP contribution in [-0.4, -0.2) is 25.0 Å². The maximum Gasteiger partial charge on any atom is 0.276 e. The number of hydrogen-bond donors (Lipinski definition) is 1. The molecule has 1 N–H and O–H groups in total. The van der Waals surface area contributed by atoms with E-state index in [0.717, 1.165) is 15.8 Å². The molecular formula is C21H23N5O2S. The predicted molar refractivity (Wildman–Crippen MR) is 117 cm³/mol. The number of aryl methyl sites for hydroxylation is 2. The van der Waals surface area contributed by atoms with E-state index in [2.05, 4.69) is 48.2 Å². The fourth-order valence-electron chi connectivity index (χ4n) is 3.35. The highest BCUT2D eigenvalue weighted by Gasteiger charge is 2.17. The standard InChI is InChI=1S/C21H23N5O2S/c1-12-9-25(5)19(28)18-17(12)22-11-26(18)10-16(27)24-20-23-14-7-6-13(21(2,3)4)8-15(14)29-20/h6-9,11H,10H2,1-5H3,(H,23,24,27). The summed E-state index contributed by atoms with van der Waals surface area (Å²) < 4.78 is 4.13. The summed E-state index contributed by atoms with van der Waals surface area (Å²) in [5.41, 5.74) is 3.90. The number of carbonyl (C=O) groups excluding carboxylic acids is 1. The molecule has 7 nitrogen and oxygen atoms in total. The number of hydrogen-bond acceptors (Lipinski definition) is 5. The topological polar surface area (TPSA) is 81.8 Å². The number of carbonyl (C=O) groups is 1. The van der Waals surface area contributed by atoms with Crippen LogP contribution in [0.5, 0.6) is 0 Å². The summed E-state index contributed by atoms with van der Waals surface area (Å²) in [6, 6.07) is 6.18. The molecule has 4 aromatic rings. The van der Waals surface area contributed by atoms with Crippen LogP contribution in [0.3, 0.4) is 0 Å². The van der Waals surface area contributed by atoms with E-state index < -0.39 is 0 Å². The van der Waals surface area contributed by atoms with Crippen molar-refractivity contribution in [1.82, 2.24) is 19.1 Å². The predicted octanol–water partition coefficient (Wildman–Crippen LogP) is 3.59. The minimum Gasteiger partial charge on any atom is -0.317 e. The van der Waals surface area contributed by atoms with Crippen molar-refractivity contribution in [2.45, 2.75) is 39.7 Å². The van der Waals surface area contributed by atoms with E-state index in [1.165, 1.54) is 27.8 Å². The molecule has 3 heterocycles. The van der Waals surface area contributed by atoms with Gasteiger partial charge in [0.25, 0.3) is 5.56 Å². The molecule has 0 aliphatic carbocycles. The first-order valence-electron chi connectivity index (χ1n) is 9.35. The number of benzene rings is 1. The van der Waals surface area contributed by atoms with Crippen LogP contribution >= 0.6 is 11.3 Å². The second kappa shape index (κ2) is 6.81. The number of imidazole rings is 1. The van der Waals surface area contributed by atoms with Crippen LogP contribution in [0, 0.1) is 6.92 Å². The van der Waals surface area contributed by atoms with Gasteiger partial charge in [-0.15, -0.1) is 0 Å². The quantitative estimate of drug-likeness (QED) is 0.561. The Kier molecular flexibility index (Phi) is 4.53. The van der Waals surface area contributed by atoms with Crippen molar-refractivity contribution in [2.75, 3.05) is 5.32 Å². The zero-order valence-corrected chi connectivity index (χ0v) is 17.9. The summed E-state index contributed by atoms with van der Waals surface area (Å²) in [5.74, 6) is -0.247. The number of aromatic nitrogens is 4. The molecule has 1 aromatic carbocycles. The third kappa shape index (κ3) is 3.55. The average molecular weight is 410 g/mol. The Morgan fingerprint density at radius 2 is 2.03 bits per heavy atom. The van der Waals surface area contributed by atoms with Crippen molar-refractivity contribution >= 4 is 43.6 Å². The van der Waals surface area contributed by atoms with Gasteiger partial charge in [-0.2, -0.15) is 0 Å². The largest absolute Gasteiger partial charge is 0.317 e. The summed E-state index contributed by atoms with van der Waals surface area (Å²) in [4.78, 5) is 33.9. The number of rotatable bonds is 3. The van der Waals surface area contributed by atoms with Crippen molar-refractivity contribution in [2.24, 2.45) is 7.05 Å². The highest BCUT2D eigenvalue weighted by molar-refractivity contribution is 7.22. The van der Waals surface area contributed by atoms with Crippen molar-refractivity contribution in [3.8, 4) is 0 Å². The smallest absolute Gasteiger partial charge is 0.276 e. The van der Waals surface area contributed by atoms with Crippen molar-refractivity contribution < 1.29 is 4.79 Å². The Morgan fingerprint density at radius 3 is 2.76 bits per heavy atom. The molecule has 29 heavy (non-hydrogen) atoms. The van der Waals surface area contributed by atoms with Gasteiger partial charge in [0.15, 0.2) is 5.13 Å². The summed E-state index contributed by atoms with van der Waals surface area (Å²) in [6.07, 6.45) is 3.28. The van der Waals surface area contributed by atoms with Gasteiger partial charge in [0, 0.05) is 13.2 Å². The molecule has 1 amide bonds. The monoisotopic (exact) mass is 409 g/mol. The SMILES string of the molecule is Cc1cn(C)c(=O)c2c1ncn2CC(=O)Nc1nc2ccc(C(C)(C)C)cc2s1. The molecule has 150 valence electrons. The number of fused-ring (bicyclic) bond motifs is 2. The molecule has 0 atom stereocenters. The summed E-state index contributed by atoms with van der Waals surface area (Å²) in [7, 11) is 1.69. The highest BCUT2D eigenvalue weighted by Crippen LogP contribution is 2.31. The van der Waals surface area contributed by atoms with E-state index in [9.17, 15) is 9.59 Å². The number of amides is 1. The lowest BCUT2D eigenvalue weighted by atomic mass is 9.87. The molecule has 0 unspecified atom stereocenters. The fourth-order valence-corrected chi connectivity index (χ4v) is 4.27. The maximum absolute atomic E-state index is 12.6. The summed E-state index contributed by atoms with van der Waals surface area (Å²) in [6.45, 7) is 8.39. The zero-order chi connectivity index (χ0) is 20.9. The molecule has 4 rings (SSSR count). The molecule has 3 aromatic heterocycles. The van der Waals surface area contributed by atoms with E-state index in [1.54, 1.807) is 17.8 Å². The van der Waals surface area contributed by atoms with Gasteiger partial charge in [-0.3, -0.25) is 9.59 Å². The molecule has 0 saturated carbocycles. The van der Waals surface area contributed by atoms with Gasteiger partial charge in [0.1, 0.15) is 12.1 Å². The zero-order valence-electron chi connectivity index (χ0n) is 17.1. The Morgan fingerprint density at radius 1 is 1.28 bits per heavy atom. The van der Waals surface area contributed by atoms with Crippen molar-refractivity contribution in [3.05, 3.63) is 52.2 Å². The number of nitrogens with one attached hydrogen (secondary N) is 1. The van der Waals surface area contributed by atoms with Crippen LogP contribution in [-0.2, 0) is 23.8 Å². The molecule has 0 saturated heterocycles. The van der Waals surface area contributed by atoms with Crippen molar-refractivity contribution in [1.29, 1.82) is 0 Å². The minimum absolute atomic E-state index is 0.00163. The van der Waals surface area contributed by atoms with Crippen LogP contribution in [0.25, 0.3) is 21.3 Å². The Bertz CT molecular complexity index is 1310. The highest BCUT2D eigenvalue weighted by atomic mass is 32.1. The third-order valence-corrected chi connectivity index (χ3v) is 5.87. The minimum atomic E-state index is -0.247. The van der Waals surface area contributed by atoms with Gasteiger partial charge >= 0.3 is 0 Å². The number of anilines is 1. The molecule has 0 bridgehead atoms. The second-order valence-corrected chi connectivity index (χ2v) is 9.33. The van der Waals surface area contributed by atoms with Gasteiger partial charge in [-0.25, -0.2) is 9.97 Å². The molecule has 0 aliphatic rings. The normalized spacial score (nSPS) is 12.0. The summed E-state index contributed by atoms with van der Waals surface area (Å²) >= 11 is 1.45. The van der Waals surface area contributed by atoms with E-state index >= 15 is 0 Å². The van der Waals surface area contributed by atoms with Gasteiger partial charge in [-0.05, 0) is 35.6 Å². The van der Waals surface area contributed by atoms with Crippen molar-refractivity contribution in [3.63, 3.8) is 0 Å². The summed E-state index contributed by atoms with van der Waals surface area (Å²) in [5, 5.41) is 3.40. The molecule has 0 fully saturated rings. The van der Waals surface area contributed by atoms with Crippen LogP contribution in [0.4, 0.5) is 5.13 Å². The van der Waals surface area contributed by atoms with Gasteiger partial charge in [0.05, 0.1) is 22.1 Å². The lowest BCUT2D eigenvalue weighted by Gasteiger charge is -2.18. The molecule has 0 spiro atoms.